The number of carbonyl (C=O) groups is 2. The number of aromatic hydroxyl groups is 1. The van der Waals surface area contributed by atoms with E-state index in [0.717, 1.165) is 16.3 Å². The number of hydrogen-bond acceptors (Lipinski definition) is 4. The molecule has 2 aromatic rings. The molecule has 6 heteroatoms. The minimum Gasteiger partial charge on any atom is -0.508 e. The number of phenolic OH excluding ortho intramolecular Hbond substituents is 1. The molecular weight excluding hydrogens is 322 g/mol. The van der Waals surface area contributed by atoms with E-state index in [1.54, 1.807) is 32.9 Å². The molecule has 0 spiro atoms. The zero-order valence-electron chi connectivity index (χ0n) is 14.6. The van der Waals surface area contributed by atoms with Gasteiger partial charge in [0.25, 0.3) is 0 Å². The highest BCUT2D eigenvalue weighted by Crippen LogP contribution is 2.22. The van der Waals surface area contributed by atoms with E-state index in [2.05, 4.69) is 5.32 Å². The molecule has 0 saturated heterocycles. The summed E-state index contributed by atoms with van der Waals surface area (Å²) < 4.78 is 5.10. The number of aliphatic carboxylic acids is 1. The van der Waals surface area contributed by atoms with Crippen molar-refractivity contribution in [2.75, 3.05) is 0 Å². The predicted octanol–water partition coefficient (Wildman–Crippen LogP) is 3.46. The third-order valence-corrected chi connectivity index (χ3v) is 3.60. The van der Waals surface area contributed by atoms with Gasteiger partial charge < -0.3 is 20.3 Å². The number of alkyl carbamates (subject to hydrolysis) is 1. The first-order valence-electron chi connectivity index (χ1n) is 8.08. The molecule has 6 nitrogen and oxygen atoms in total. The van der Waals surface area contributed by atoms with Crippen LogP contribution in [0.1, 0.15) is 32.8 Å². The second-order valence-electron chi connectivity index (χ2n) is 6.94. The molecule has 0 aliphatic heterocycles. The fourth-order valence-corrected chi connectivity index (χ4v) is 2.46. The van der Waals surface area contributed by atoms with Crippen molar-refractivity contribution in [3.05, 3.63) is 42.0 Å². The van der Waals surface area contributed by atoms with Gasteiger partial charge in [-0.25, -0.2) is 9.59 Å². The van der Waals surface area contributed by atoms with Crippen LogP contribution >= 0.6 is 0 Å². The van der Waals surface area contributed by atoms with Crippen molar-refractivity contribution in [1.29, 1.82) is 0 Å². The summed E-state index contributed by atoms with van der Waals surface area (Å²) in [6, 6.07) is 9.77. The lowest BCUT2D eigenvalue weighted by atomic mass is 10.0. The van der Waals surface area contributed by atoms with Gasteiger partial charge in [0.05, 0.1) is 0 Å². The van der Waals surface area contributed by atoms with Gasteiger partial charge in [-0.3, -0.25) is 0 Å². The van der Waals surface area contributed by atoms with Crippen molar-refractivity contribution in [3.8, 4) is 5.75 Å². The molecule has 25 heavy (non-hydrogen) atoms. The second kappa shape index (κ2) is 7.42. The minimum absolute atomic E-state index is 0.202. The van der Waals surface area contributed by atoms with Crippen molar-refractivity contribution >= 4 is 22.8 Å². The van der Waals surface area contributed by atoms with Gasteiger partial charge in [0.1, 0.15) is 17.4 Å². The van der Waals surface area contributed by atoms with Gasteiger partial charge in [-0.2, -0.15) is 0 Å². The first-order chi connectivity index (χ1) is 11.6. The number of carboxylic acids is 1. The molecule has 3 N–H and O–H groups in total. The number of ether oxygens (including phenoxy) is 1. The average molecular weight is 345 g/mol. The lowest BCUT2D eigenvalue weighted by Gasteiger charge is -2.22. The molecule has 0 bridgehead atoms. The molecule has 1 atom stereocenters. The van der Waals surface area contributed by atoms with Crippen molar-refractivity contribution in [2.45, 2.75) is 45.3 Å². The smallest absolute Gasteiger partial charge is 0.408 e. The maximum atomic E-state index is 11.8. The molecule has 0 heterocycles. The summed E-state index contributed by atoms with van der Waals surface area (Å²) in [4.78, 5) is 23.1. The highest BCUT2D eigenvalue weighted by Gasteiger charge is 2.23. The molecule has 0 unspecified atom stereocenters. The Hall–Kier alpha value is -2.76. The molecular formula is C19H23NO5. The first kappa shape index (κ1) is 18.6. The summed E-state index contributed by atoms with van der Waals surface area (Å²) >= 11 is 0. The number of rotatable bonds is 5. The molecule has 2 aromatic carbocycles. The van der Waals surface area contributed by atoms with Crippen LogP contribution < -0.4 is 5.32 Å². The third-order valence-electron chi connectivity index (χ3n) is 3.60. The lowest BCUT2D eigenvalue weighted by molar-refractivity contribution is -0.139. The number of amides is 1. The summed E-state index contributed by atoms with van der Waals surface area (Å²) in [7, 11) is 0. The van der Waals surface area contributed by atoms with E-state index >= 15 is 0 Å². The Morgan fingerprint density at radius 1 is 1.12 bits per heavy atom. The highest BCUT2D eigenvalue weighted by molar-refractivity contribution is 5.84. The molecule has 134 valence electrons. The number of fused-ring (bicyclic) bond motifs is 1. The Bertz CT molecular complexity index is 779. The predicted molar refractivity (Wildman–Crippen MR) is 94.7 cm³/mol. The fraction of sp³-hybridized carbons (Fsp3) is 0.368. The average Bonchev–Trinajstić information content (AvgIpc) is 2.49. The summed E-state index contributed by atoms with van der Waals surface area (Å²) in [5.74, 6) is -0.899. The SMILES string of the molecule is CC(C)(C)OC(=O)N[C@@H](CCc1ccc2cc(O)ccc2c1)C(=O)O. The number of carbonyl (C=O) groups excluding carboxylic acids is 1. The van der Waals surface area contributed by atoms with E-state index in [4.69, 9.17) is 4.74 Å². The van der Waals surface area contributed by atoms with Crippen LogP contribution in [0, 0.1) is 0 Å². The summed E-state index contributed by atoms with van der Waals surface area (Å²) in [6.07, 6.45) is -0.00393. The van der Waals surface area contributed by atoms with Crippen LogP contribution in [0.25, 0.3) is 10.8 Å². The number of nitrogens with one attached hydrogen (secondary N) is 1. The molecule has 1 amide bonds. The lowest BCUT2D eigenvalue weighted by Crippen LogP contribution is -2.43. The fourth-order valence-electron chi connectivity index (χ4n) is 2.46. The van der Waals surface area contributed by atoms with Gasteiger partial charge in [-0.1, -0.05) is 24.3 Å². The molecule has 0 aliphatic rings. The number of phenols is 1. The van der Waals surface area contributed by atoms with Crippen LogP contribution in [0.15, 0.2) is 36.4 Å². The second-order valence-corrected chi connectivity index (χ2v) is 6.94. The monoisotopic (exact) mass is 345 g/mol. The number of hydrogen-bond donors (Lipinski definition) is 3. The molecule has 0 fully saturated rings. The van der Waals surface area contributed by atoms with E-state index in [0.29, 0.717) is 6.42 Å². The zero-order chi connectivity index (χ0) is 18.6. The maximum absolute atomic E-state index is 11.8. The zero-order valence-corrected chi connectivity index (χ0v) is 14.6. The molecule has 0 aromatic heterocycles. The van der Waals surface area contributed by atoms with E-state index < -0.39 is 23.7 Å². The van der Waals surface area contributed by atoms with Crippen LogP contribution in [-0.4, -0.2) is 33.9 Å². The first-order valence-corrected chi connectivity index (χ1v) is 8.08. The Kier molecular flexibility index (Phi) is 5.51. The van der Waals surface area contributed by atoms with Crippen molar-refractivity contribution in [1.82, 2.24) is 5.32 Å². The standard InChI is InChI=1S/C19H23NO5/c1-19(2,3)25-18(24)20-16(17(22)23)9-5-12-4-6-14-11-15(21)8-7-13(14)10-12/h4,6-8,10-11,16,21H,5,9H2,1-3H3,(H,20,24)(H,22,23)/t16-/m0/s1. The topological polar surface area (TPSA) is 95.9 Å². The van der Waals surface area contributed by atoms with E-state index in [9.17, 15) is 19.8 Å². The van der Waals surface area contributed by atoms with Crippen LogP contribution in [0.3, 0.4) is 0 Å². The van der Waals surface area contributed by atoms with Crippen LogP contribution in [0.5, 0.6) is 5.75 Å². The number of aryl methyl sites for hydroxylation is 1. The Morgan fingerprint density at radius 2 is 1.76 bits per heavy atom. The molecule has 0 aliphatic carbocycles. The summed E-state index contributed by atoms with van der Waals surface area (Å²) in [5.41, 5.74) is 0.271. The van der Waals surface area contributed by atoms with Crippen molar-refractivity contribution < 1.29 is 24.5 Å². The highest BCUT2D eigenvalue weighted by atomic mass is 16.6. The number of benzene rings is 2. The van der Waals surface area contributed by atoms with Crippen molar-refractivity contribution in [3.63, 3.8) is 0 Å². The molecule has 0 radical (unpaired) electrons. The van der Waals surface area contributed by atoms with Crippen LogP contribution in [-0.2, 0) is 16.0 Å². The van der Waals surface area contributed by atoms with Gasteiger partial charge in [-0.05, 0) is 62.1 Å². The minimum atomic E-state index is -1.10. The largest absolute Gasteiger partial charge is 0.508 e. The van der Waals surface area contributed by atoms with Gasteiger partial charge in [-0.15, -0.1) is 0 Å². The maximum Gasteiger partial charge on any atom is 0.408 e. The van der Waals surface area contributed by atoms with Crippen molar-refractivity contribution in [2.24, 2.45) is 0 Å². The van der Waals surface area contributed by atoms with E-state index in [1.165, 1.54) is 0 Å². The number of carboxylic acid groups (broad SMARTS) is 1. The Labute approximate surface area is 146 Å². The summed E-state index contributed by atoms with van der Waals surface area (Å²) in [6.45, 7) is 5.15. The van der Waals surface area contributed by atoms with Gasteiger partial charge in [0.2, 0.25) is 0 Å². The molecule has 2 rings (SSSR count). The quantitative estimate of drug-likeness (QED) is 0.771. The van der Waals surface area contributed by atoms with E-state index in [-0.39, 0.29) is 12.2 Å². The van der Waals surface area contributed by atoms with Gasteiger partial charge in [0, 0.05) is 0 Å². The Balaban J connectivity index is 2.02. The van der Waals surface area contributed by atoms with E-state index in [1.807, 2.05) is 24.3 Å². The van der Waals surface area contributed by atoms with Gasteiger partial charge >= 0.3 is 12.1 Å². The normalized spacial score (nSPS) is 12.6. The third kappa shape index (κ3) is 5.67. The summed E-state index contributed by atoms with van der Waals surface area (Å²) in [5, 5.41) is 23.0. The van der Waals surface area contributed by atoms with Gasteiger partial charge in [0.15, 0.2) is 0 Å². The molecule has 0 saturated carbocycles. The van der Waals surface area contributed by atoms with Crippen LogP contribution in [0.2, 0.25) is 0 Å². The van der Waals surface area contributed by atoms with Crippen LogP contribution in [0.4, 0.5) is 4.79 Å². The Morgan fingerprint density at radius 3 is 2.40 bits per heavy atom.